The van der Waals surface area contributed by atoms with Gasteiger partial charge in [0.05, 0.1) is 0 Å². The highest BCUT2D eigenvalue weighted by molar-refractivity contribution is 5.73. The van der Waals surface area contributed by atoms with Crippen LogP contribution in [0, 0.1) is 0 Å². The van der Waals surface area contributed by atoms with Crippen LogP contribution in [0.25, 0.3) is 11.1 Å². The summed E-state index contributed by atoms with van der Waals surface area (Å²) in [6.07, 6.45) is 2.20. The minimum Gasteiger partial charge on any atom is -0.508 e. The molecule has 1 N–H and O–H groups in total. The van der Waals surface area contributed by atoms with E-state index >= 15 is 0 Å². The van der Waals surface area contributed by atoms with Gasteiger partial charge in [0.15, 0.2) is 0 Å². The van der Waals surface area contributed by atoms with E-state index in [9.17, 15) is 5.11 Å². The van der Waals surface area contributed by atoms with Crippen molar-refractivity contribution in [3.05, 3.63) is 89.5 Å². The van der Waals surface area contributed by atoms with Gasteiger partial charge in [-0.15, -0.1) is 0 Å². The molecule has 128 valence electrons. The summed E-state index contributed by atoms with van der Waals surface area (Å²) < 4.78 is 0. The third-order valence-electron chi connectivity index (χ3n) is 5.00. The van der Waals surface area contributed by atoms with Crippen LogP contribution in [0.5, 0.6) is 5.75 Å². The van der Waals surface area contributed by atoms with Crippen LogP contribution in [0.2, 0.25) is 0 Å². The normalized spacial score (nSPS) is 11.5. The van der Waals surface area contributed by atoms with E-state index in [1.807, 2.05) is 18.2 Å². The summed E-state index contributed by atoms with van der Waals surface area (Å²) in [6.45, 7) is 6.58. The van der Waals surface area contributed by atoms with Crippen LogP contribution in [0.1, 0.15) is 43.9 Å². The molecule has 3 aromatic rings. The number of hydrogen-bond donors (Lipinski definition) is 1. The molecule has 0 unspecified atom stereocenters. The van der Waals surface area contributed by atoms with Crippen LogP contribution in [0.4, 0.5) is 0 Å². The molecule has 0 fully saturated rings. The van der Waals surface area contributed by atoms with Gasteiger partial charge >= 0.3 is 0 Å². The zero-order chi connectivity index (χ0) is 17.9. The van der Waals surface area contributed by atoms with Crippen molar-refractivity contribution in [3.63, 3.8) is 0 Å². The Morgan fingerprint density at radius 1 is 0.720 bits per heavy atom. The van der Waals surface area contributed by atoms with Crippen LogP contribution >= 0.6 is 0 Å². The van der Waals surface area contributed by atoms with E-state index in [4.69, 9.17) is 0 Å². The van der Waals surface area contributed by atoms with Gasteiger partial charge in [0.25, 0.3) is 0 Å². The molecule has 0 amide bonds. The first-order valence-electron chi connectivity index (χ1n) is 9.02. The number of aromatic hydroxyl groups is 1. The van der Waals surface area contributed by atoms with Crippen LogP contribution in [0.15, 0.2) is 72.8 Å². The molecule has 3 aromatic carbocycles. The third-order valence-corrected chi connectivity index (χ3v) is 5.00. The van der Waals surface area contributed by atoms with E-state index in [-0.39, 0.29) is 5.41 Å². The molecule has 3 rings (SSSR count). The molecule has 0 spiro atoms. The highest BCUT2D eigenvalue weighted by Gasteiger charge is 2.28. The Bertz CT molecular complexity index is 861. The number of hydrogen-bond acceptors (Lipinski definition) is 1. The maximum Gasteiger partial charge on any atom is 0.119 e. The van der Waals surface area contributed by atoms with Crippen molar-refractivity contribution in [2.45, 2.75) is 39.0 Å². The van der Waals surface area contributed by atoms with Crippen LogP contribution in [-0.2, 0) is 11.8 Å². The average Bonchev–Trinajstić information content (AvgIpc) is 2.63. The number of aryl methyl sites for hydroxylation is 1. The summed E-state index contributed by atoms with van der Waals surface area (Å²) in [4.78, 5) is 0. The van der Waals surface area contributed by atoms with Gasteiger partial charge in [0.2, 0.25) is 0 Å². The summed E-state index contributed by atoms with van der Waals surface area (Å²) in [6, 6.07) is 24.9. The zero-order valence-corrected chi connectivity index (χ0v) is 15.3. The molecule has 0 saturated carbocycles. The predicted octanol–water partition coefficient (Wildman–Crippen LogP) is 6.34. The summed E-state index contributed by atoms with van der Waals surface area (Å²) in [5.74, 6) is 0.351. The number of phenolic OH excluding ortho intramolecular Hbond substituents is 1. The maximum absolute atomic E-state index is 10.4. The fraction of sp³-hybridized carbons (Fsp3) is 0.250. The van der Waals surface area contributed by atoms with Gasteiger partial charge in [-0.25, -0.2) is 0 Å². The standard InChI is InChI=1S/C24H26O/c1-4-11-18-12-5-6-13-19(18)20-14-7-8-15-21(20)24(2,3)22-16-9-10-17-23(22)25/h5-10,12-17,25H,4,11H2,1-3H3. The van der Waals surface area contributed by atoms with Crippen LogP contribution in [0.3, 0.4) is 0 Å². The predicted molar refractivity (Wildman–Crippen MR) is 106 cm³/mol. The fourth-order valence-corrected chi connectivity index (χ4v) is 3.68. The second kappa shape index (κ2) is 7.14. The summed E-state index contributed by atoms with van der Waals surface area (Å²) in [5, 5.41) is 10.4. The monoisotopic (exact) mass is 330 g/mol. The molecule has 0 aromatic heterocycles. The number of rotatable bonds is 5. The number of para-hydroxylation sites is 1. The largest absolute Gasteiger partial charge is 0.508 e. The number of benzene rings is 3. The lowest BCUT2D eigenvalue weighted by Gasteiger charge is -2.30. The molecular formula is C24H26O. The van der Waals surface area contributed by atoms with Gasteiger partial charge in [-0.2, -0.15) is 0 Å². The molecule has 0 radical (unpaired) electrons. The number of phenols is 1. The van der Waals surface area contributed by atoms with E-state index < -0.39 is 0 Å². The Hall–Kier alpha value is -2.54. The zero-order valence-electron chi connectivity index (χ0n) is 15.3. The van der Waals surface area contributed by atoms with Crippen molar-refractivity contribution < 1.29 is 5.11 Å². The van der Waals surface area contributed by atoms with E-state index in [1.165, 1.54) is 22.3 Å². The minimum atomic E-state index is -0.290. The Morgan fingerprint density at radius 3 is 1.96 bits per heavy atom. The smallest absolute Gasteiger partial charge is 0.119 e. The molecule has 0 bridgehead atoms. The van der Waals surface area contributed by atoms with Gasteiger partial charge in [0, 0.05) is 11.0 Å². The van der Waals surface area contributed by atoms with Crippen LogP contribution in [-0.4, -0.2) is 5.11 Å². The minimum absolute atomic E-state index is 0.290. The van der Waals surface area contributed by atoms with E-state index in [2.05, 4.69) is 69.3 Å². The summed E-state index contributed by atoms with van der Waals surface area (Å²) in [5.41, 5.74) is 5.82. The third kappa shape index (κ3) is 3.32. The lowest BCUT2D eigenvalue weighted by molar-refractivity contribution is 0.453. The van der Waals surface area contributed by atoms with Crippen molar-refractivity contribution in [2.75, 3.05) is 0 Å². The molecule has 0 heterocycles. The summed E-state index contributed by atoms with van der Waals surface area (Å²) >= 11 is 0. The van der Waals surface area contributed by atoms with Gasteiger partial charge < -0.3 is 5.11 Å². The molecule has 0 aliphatic carbocycles. The van der Waals surface area contributed by atoms with Gasteiger partial charge in [-0.1, -0.05) is 93.9 Å². The van der Waals surface area contributed by atoms with Gasteiger partial charge in [0.1, 0.15) is 5.75 Å². The van der Waals surface area contributed by atoms with Gasteiger partial charge in [-0.05, 0) is 34.7 Å². The Kier molecular flexibility index (Phi) is 4.94. The molecule has 25 heavy (non-hydrogen) atoms. The Morgan fingerprint density at radius 2 is 1.28 bits per heavy atom. The highest BCUT2D eigenvalue weighted by Crippen LogP contribution is 2.41. The molecule has 0 aliphatic rings. The molecule has 0 aliphatic heterocycles. The topological polar surface area (TPSA) is 20.2 Å². The quantitative estimate of drug-likeness (QED) is 0.579. The van der Waals surface area contributed by atoms with Crippen molar-refractivity contribution in [1.82, 2.24) is 0 Å². The molecular weight excluding hydrogens is 304 g/mol. The SMILES string of the molecule is CCCc1ccccc1-c1ccccc1C(C)(C)c1ccccc1O. The van der Waals surface area contributed by atoms with Crippen molar-refractivity contribution in [1.29, 1.82) is 0 Å². The lowest BCUT2D eigenvalue weighted by atomic mass is 9.74. The van der Waals surface area contributed by atoms with Crippen LogP contribution < -0.4 is 0 Å². The second-order valence-electron chi connectivity index (χ2n) is 7.09. The van der Waals surface area contributed by atoms with E-state index in [0.29, 0.717) is 5.75 Å². The Balaban J connectivity index is 2.19. The lowest BCUT2D eigenvalue weighted by Crippen LogP contribution is -2.20. The van der Waals surface area contributed by atoms with E-state index in [0.717, 1.165) is 18.4 Å². The summed E-state index contributed by atoms with van der Waals surface area (Å²) in [7, 11) is 0. The molecule has 0 atom stereocenters. The van der Waals surface area contributed by atoms with Crippen molar-refractivity contribution in [2.24, 2.45) is 0 Å². The van der Waals surface area contributed by atoms with E-state index in [1.54, 1.807) is 6.07 Å². The first-order chi connectivity index (χ1) is 12.1. The highest BCUT2D eigenvalue weighted by atomic mass is 16.3. The van der Waals surface area contributed by atoms with Crippen molar-refractivity contribution in [3.8, 4) is 16.9 Å². The first-order valence-corrected chi connectivity index (χ1v) is 9.02. The fourth-order valence-electron chi connectivity index (χ4n) is 3.68. The average molecular weight is 330 g/mol. The van der Waals surface area contributed by atoms with Crippen molar-refractivity contribution >= 4 is 0 Å². The first kappa shape index (κ1) is 17.3. The molecule has 0 saturated heterocycles. The Labute approximate surface area is 151 Å². The maximum atomic E-state index is 10.4. The molecule has 1 nitrogen and oxygen atoms in total. The second-order valence-corrected chi connectivity index (χ2v) is 7.09. The van der Waals surface area contributed by atoms with Gasteiger partial charge in [-0.3, -0.25) is 0 Å². The molecule has 1 heteroatoms.